The Morgan fingerprint density at radius 1 is 1.25 bits per heavy atom. The largest absolute Gasteiger partial charge is 0.255 e. The second kappa shape index (κ2) is 8.94. The van der Waals surface area contributed by atoms with Crippen LogP contribution in [0, 0.1) is 0 Å². The third kappa shape index (κ3) is 11.3. The van der Waals surface area contributed by atoms with Crippen LogP contribution in [-0.4, -0.2) is 26.2 Å². The smallest absolute Gasteiger partial charge is 0.127 e. The van der Waals surface area contributed by atoms with Crippen LogP contribution in [0.1, 0.15) is 0 Å². The molecule has 0 unspecified atom stereocenters. The van der Waals surface area contributed by atoms with Crippen molar-refractivity contribution in [1.82, 2.24) is 0 Å². The quantitative estimate of drug-likeness (QED) is 0.599. The van der Waals surface area contributed by atoms with E-state index in [2.05, 4.69) is 0 Å². The van der Waals surface area contributed by atoms with Gasteiger partial charge < -0.3 is 0 Å². The Morgan fingerprint density at radius 3 is 1.25 bits per heavy atom. The molecule has 0 aliphatic carbocycles. The monoisotopic (exact) mass is 279 g/mol. The van der Waals surface area contributed by atoms with Gasteiger partial charge in [0.1, 0.15) is 0 Å². The second-order valence-corrected chi connectivity index (χ2v) is 0.175. The maximum absolute atomic E-state index is 9.54. The first kappa shape index (κ1) is 8.92. The van der Waals surface area contributed by atoms with Gasteiger partial charge in [-0.05, 0) is 0 Å². The maximum atomic E-state index is 9.54. The van der Waals surface area contributed by atoms with E-state index in [1.54, 1.807) is 0 Å². The molecule has 0 aromatic heterocycles. The summed E-state index contributed by atoms with van der Waals surface area (Å²) in [5, 5.41) is 0. The maximum Gasteiger partial charge on any atom is 0.255 e. The molecule has 0 heterocycles. The van der Waals surface area contributed by atoms with Crippen molar-refractivity contribution in [3.63, 3.8) is 0 Å². The third-order valence-corrected chi connectivity index (χ3v) is 0. The van der Waals surface area contributed by atoms with Gasteiger partial charge in [-0.15, -0.1) is 7.77 Å². The van der Waals surface area contributed by atoms with Gasteiger partial charge >= 0.3 is 0 Å². The minimum absolute atomic E-state index is 0. The predicted octanol–water partition coefficient (Wildman–Crippen LogP) is 1.11. The summed E-state index contributed by atoms with van der Waals surface area (Å²) in [6.07, 6.45) is 0. The van der Waals surface area contributed by atoms with Gasteiger partial charge in [0.15, 0.2) is 0 Å². The van der Waals surface area contributed by atoms with Crippen molar-refractivity contribution < 1.29 is 7.77 Å². The Kier molecular flexibility index (Phi) is 19.9. The van der Waals surface area contributed by atoms with Crippen LogP contribution in [0.3, 0.4) is 0 Å². The number of rotatable bonds is 0. The molecule has 4 heteroatoms. The van der Waals surface area contributed by atoms with Crippen molar-refractivity contribution in [2.24, 2.45) is 0 Å². The second-order valence-electron chi connectivity index (χ2n) is 0.0583. The topological polar surface area (TPSA) is 0 Å². The van der Waals surface area contributed by atoms with E-state index in [4.69, 9.17) is 0 Å². The summed E-state index contributed by atoms with van der Waals surface area (Å²) >= 11 is -1.25. The zero-order chi connectivity index (χ0) is 2.71. The molecule has 0 N–H and O–H groups in total. The summed E-state index contributed by atoms with van der Waals surface area (Å²) in [5.41, 5.74) is 0. The summed E-state index contributed by atoms with van der Waals surface area (Å²) in [5.74, 6) is 0. The first-order valence-corrected chi connectivity index (χ1v) is 0.926. The molecule has 3 radical (unpaired) electrons. The summed E-state index contributed by atoms with van der Waals surface area (Å²) in [6, 6.07) is 0. The molecule has 4 heavy (non-hydrogen) atoms. The van der Waals surface area contributed by atoms with Gasteiger partial charge in [-0.2, -0.15) is 0 Å². The molecular weight excluding hydrogens is 279 g/mol. The van der Waals surface area contributed by atoms with Crippen molar-refractivity contribution in [3.05, 3.63) is 0 Å². The molecule has 0 saturated carbocycles. The zero-order valence-electron chi connectivity index (χ0n) is 1.61. The van der Waals surface area contributed by atoms with E-state index in [1.807, 2.05) is 0 Å². The van der Waals surface area contributed by atoms with E-state index in [1.165, 1.54) is 0 Å². The molecule has 0 atom stereocenters. The van der Waals surface area contributed by atoms with Crippen LogP contribution < -0.4 is 0 Å². The molecule has 0 aromatic carbocycles. The van der Waals surface area contributed by atoms with Gasteiger partial charge in [0.25, 0.3) is 12.5 Å². The van der Waals surface area contributed by atoms with Crippen molar-refractivity contribution >= 4 is 38.7 Å². The fourth-order valence-electron chi connectivity index (χ4n) is 0. The number of hydrogen-bond acceptors (Lipinski definition) is 1. The van der Waals surface area contributed by atoms with Crippen LogP contribution in [0.4, 0.5) is 7.77 Å². The van der Waals surface area contributed by atoms with E-state index < -0.39 is 12.5 Å². The van der Waals surface area contributed by atoms with Crippen molar-refractivity contribution in [2.75, 3.05) is 0 Å². The standard InChI is InChI=1S/Bi.F2S/c;1-3-2. The van der Waals surface area contributed by atoms with Gasteiger partial charge in [-0.1, -0.05) is 0 Å². The van der Waals surface area contributed by atoms with Crippen LogP contribution in [-0.2, 0) is 0 Å². The summed E-state index contributed by atoms with van der Waals surface area (Å²) in [7, 11) is 0. The van der Waals surface area contributed by atoms with E-state index in [0.29, 0.717) is 0 Å². The van der Waals surface area contributed by atoms with Crippen LogP contribution in [0.15, 0.2) is 0 Å². The van der Waals surface area contributed by atoms with E-state index in [0.717, 1.165) is 0 Å². The van der Waals surface area contributed by atoms with Crippen LogP contribution in [0.2, 0.25) is 0 Å². The molecule has 0 aliphatic heterocycles. The normalized spacial score (nSPS) is 4.50. The van der Waals surface area contributed by atoms with Crippen LogP contribution >= 0.6 is 12.5 Å². The Morgan fingerprint density at radius 2 is 1.25 bits per heavy atom. The van der Waals surface area contributed by atoms with E-state index in [9.17, 15) is 7.77 Å². The fourth-order valence-corrected chi connectivity index (χ4v) is 0. The molecule has 0 spiro atoms. The average molecular weight is 279 g/mol. The molecule has 0 aliphatic rings. The van der Waals surface area contributed by atoms with E-state index in [-0.39, 0.29) is 26.2 Å². The third-order valence-electron chi connectivity index (χ3n) is 0. The molecule has 0 saturated heterocycles. The summed E-state index contributed by atoms with van der Waals surface area (Å²) in [6.45, 7) is 0. The van der Waals surface area contributed by atoms with Crippen molar-refractivity contribution in [2.45, 2.75) is 0 Å². The molecule has 0 bridgehead atoms. The molecule has 0 fully saturated rings. The predicted molar refractivity (Wildman–Crippen MR) is 15.6 cm³/mol. The molecular formula is BiF2S. The number of hydrogen-bond donors (Lipinski definition) is 0. The zero-order valence-corrected chi connectivity index (χ0v) is 5.90. The average Bonchev–Trinajstić information content (AvgIpc) is 0.918. The van der Waals surface area contributed by atoms with Crippen LogP contribution in [0.25, 0.3) is 0 Å². The van der Waals surface area contributed by atoms with Crippen molar-refractivity contribution in [3.8, 4) is 0 Å². The van der Waals surface area contributed by atoms with Gasteiger partial charge in [0.2, 0.25) is 0 Å². The molecule has 0 aromatic rings. The first-order valence-electron chi connectivity index (χ1n) is 0.309. The summed E-state index contributed by atoms with van der Waals surface area (Å²) < 4.78 is 19.1. The first-order chi connectivity index (χ1) is 1.41. The SMILES string of the molecule is FSF.[Bi]. The molecule has 0 nitrogen and oxygen atoms in total. The molecule has 0 rings (SSSR count). The Balaban J connectivity index is 0. The van der Waals surface area contributed by atoms with Crippen LogP contribution in [0.5, 0.6) is 0 Å². The van der Waals surface area contributed by atoms with Gasteiger partial charge in [0.05, 0.1) is 0 Å². The number of halogens is 2. The van der Waals surface area contributed by atoms with Crippen molar-refractivity contribution in [1.29, 1.82) is 0 Å². The minimum atomic E-state index is -1.25. The Labute approximate surface area is 46.7 Å². The molecule has 25 valence electrons. The fraction of sp³-hybridized carbons (Fsp3) is 0. The summed E-state index contributed by atoms with van der Waals surface area (Å²) in [4.78, 5) is 0. The van der Waals surface area contributed by atoms with Gasteiger partial charge in [-0.3, -0.25) is 0 Å². The molecule has 0 amide bonds. The minimum Gasteiger partial charge on any atom is -0.127 e. The van der Waals surface area contributed by atoms with E-state index >= 15 is 0 Å². The Hall–Kier alpha value is 1.09. The van der Waals surface area contributed by atoms with Gasteiger partial charge in [0, 0.05) is 26.2 Å². The Bertz CT molecular complexity index is 6.00. The van der Waals surface area contributed by atoms with Gasteiger partial charge in [-0.25, -0.2) is 0 Å².